The summed E-state index contributed by atoms with van der Waals surface area (Å²) in [5, 5.41) is 8.70. The molecule has 0 saturated heterocycles. The Hall–Kier alpha value is -1.84. The van der Waals surface area contributed by atoms with Crippen LogP contribution in [0.15, 0.2) is 24.3 Å². The van der Waals surface area contributed by atoms with Crippen LogP contribution in [0.2, 0.25) is 0 Å². The van der Waals surface area contributed by atoms with Gasteiger partial charge in [0.05, 0.1) is 0 Å². The largest absolute Gasteiger partial charge is 0.465 e. The van der Waals surface area contributed by atoms with E-state index in [-0.39, 0.29) is 12.1 Å². The maximum absolute atomic E-state index is 11.5. The van der Waals surface area contributed by atoms with Crippen molar-refractivity contribution in [1.82, 2.24) is 4.90 Å². The summed E-state index contributed by atoms with van der Waals surface area (Å²) >= 11 is 0. The molecule has 0 aromatic heterocycles. The Morgan fingerprint density at radius 1 is 1.50 bits per heavy atom. The molecule has 0 heterocycles. The van der Waals surface area contributed by atoms with Crippen LogP contribution in [0.25, 0.3) is 0 Å². The van der Waals surface area contributed by atoms with Gasteiger partial charge in [-0.1, -0.05) is 18.2 Å². The summed E-state index contributed by atoms with van der Waals surface area (Å²) < 4.78 is 0. The monoisotopic (exact) mass is 192 g/mol. The third-order valence-corrected chi connectivity index (χ3v) is 1.73. The highest BCUT2D eigenvalue weighted by molar-refractivity contribution is 6.02. The highest BCUT2D eigenvalue weighted by Gasteiger charge is 2.19. The number of hydrogen-bond donors (Lipinski definition) is 1. The predicted octanol–water partition coefficient (Wildman–Crippen LogP) is 1.63. The number of hydrogen-bond acceptors (Lipinski definition) is 2. The third-order valence-electron chi connectivity index (χ3n) is 1.73. The van der Waals surface area contributed by atoms with Gasteiger partial charge >= 0.3 is 6.09 Å². The molecule has 1 rings (SSSR count). The van der Waals surface area contributed by atoms with Gasteiger partial charge in [-0.3, -0.25) is 4.79 Å². The first-order valence-corrected chi connectivity index (χ1v) is 4.18. The number of carboxylic acid groups (broad SMARTS) is 1. The van der Waals surface area contributed by atoms with Crippen molar-refractivity contribution in [2.75, 3.05) is 6.54 Å². The van der Waals surface area contributed by atoms with Gasteiger partial charge in [-0.05, 0) is 19.1 Å². The molecule has 1 aromatic carbocycles. The normalized spacial score (nSPS) is 9.50. The van der Waals surface area contributed by atoms with E-state index in [1.807, 2.05) is 0 Å². The fourth-order valence-electron chi connectivity index (χ4n) is 1.04. The van der Waals surface area contributed by atoms with E-state index in [0.717, 1.165) is 4.90 Å². The number of imide groups is 1. The van der Waals surface area contributed by atoms with Gasteiger partial charge in [0.15, 0.2) is 0 Å². The number of amides is 2. The topological polar surface area (TPSA) is 57.6 Å². The summed E-state index contributed by atoms with van der Waals surface area (Å²) in [6.45, 7) is 1.74. The molecule has 0 aliphatic rings. The van der Waals surface area contributed by atoms with Crippen LogP contribution in [0.3, 0.4) is 0 Å². The molecule has 1 N–H and O–H groups in total. The van der Waals surface area contributed by atoms with Crippen LogP contribution in [0.1, 0.15) is 17.3 Å². The van der Waals surface area contributed by atoms with Crippen molar-refractivity contribution in [1.29, 1.82) is 0 Å². The van der Waals surface area contributed by atoms with E-state index >= 15 is 0 Å². The van der Waals surface area contributed by atoms with Gasteiger partial charge in [-0.2, -0.15) is 0 Å². The molecule has 0 unspecified atom stereocenters. The van der Waals surface area contributed by atoms with Crippen molar-refractivity contribution in [3.8, 4) is 0 Å². The smallest absolute Gasteiger partial charge is 0.414 e. The average Bonchev–Trinajstić information content (AvgIpc) is 2.19. The summed E-state index contributed by atoms with van der Waals surface area (Å²) in [5.41, 5.74) is 0.261. The summed E-state index contributed by atoms with van der Waals surface area (Å²) in [5.74, 6) is -0.541. The van der Waals surface area contributed by atoms with Gasteiger partial charge in [0.1, 0.15) is 0 Å². The number of nitrogens with zero attached hydrogens (tertiary/aromatic N) is 1. The van der Waals surface area contributed by atoms with E-state index in [0.29, 0.717) is 0 Å². The molecule has 1 aromatic rings. The van der Waals surface area contributed by atoms with Crippen LogP contribution in [-0.4, -0.2) is 28.6 Å². The standard InChI is InChI=1S/C10H10NO3/c1-2-11(10(13)14)9(12)8-6-4-3-5-7-8/h3-6H,2H2,1H3,(H,13,14). The SMILES string of the molecule is CCN(C(=O)O)C(=O)c1[c]cccc1. The lowest BCUT2D eigenvalue weighted by Crippen LogP contribution is -2.35. The lowest BCUT2D eigenvalue weighted by molar-refractivity contribution is 0.0750. The van der Waals surface area contributed by atoms with Gasteiger partial charge in [0.25, 0.3) is 5.91 Å². The van der Waals surface area contributed by atoms with E-state index in [1.54, 1.807) is 25.1 Å². The highest BCUT2D eigenvalue weighted by atomic mass is 16.4. The number of rotatable bonds is 2. The highest BCUT2D eigenvalue weighted by Crippen LogP contribution is 2.03. The van der Waals surface area contributed by atoms with Crippen molar-refractivity contribution < 1.29 is 14.7 Å². The van der Waals surface area contributed by atoms with Crippen molar-refractivity contribution in [2.45, 2.75) is 6.92 Å². The molecule has 0 aliphatic heterocycles. The summed E-state index contributed by atoms with van der Waals surface area (Å²) in [6, 6.07) is 9.17. The zero-order valence-electron chi connectivity index (χ0n) is 7.73. The quantitative estimate of drug-likeness (QED) is 0.774. The first-order valence-electron chi connectivity index (χ1n) is 4.18. The van der Waals surface area contributed by atoms with E-state index in [1.165, 1.54) is 6.07 Å². The number of benzene rings is 1. The second-order valence-corrected chi connectivity index (χ2v) is 2.61. The lowest BCUT2D eigenvalue weighted by atomic mass is 10.2. The first-order chi connectivity index (χ1) is 6.66. The van der Waals surface area contributed by atoms with Crippen LogP contribution in [0, 0.1) is 6.07 Å². The van der Waals surface area contributed by atoms with Crippen LogP contribution < -0.4 is 0 Å². The average molecular weight is 192 g/mol. The Morgan fingerprint density at radius 2 is 2.21 bits per heavy atom. The molecule has 0 fully saturated rings. The van der Waals surface area contributed by atoms with Gasteiger partial charge in [0.2, 0.25) is 0 Å². The zero-order valence-corrected chi connectivity index (χ0v) is 7.73. The molecule has 1 radical (unpaired) electrons. The van der Waals surface area contributed by atoms with Crippen molar-refractivity contribution >= 4 is 12.0 Å². The van der Waals surface area contributed by atoms with Crippen molar-refractivity contribution in [3.05, 3.63) is 35.9 Å². The molecular weight excluding hydrogens is 182 g/mol. The molecule has 4 nitrogen and oxygen atoms in total. The van der Waals surface area contributed by atoms with Crippen LogP contribution in [0.5, 0.6) is 0 Å². The minimum Gasteiger partial charge on any atom is -0.465 e. The Morgan fingerprint density at radius 3 is 2.64 bits per heavy atom. The Balaban J connectivity index is 2.89. The third kappa shape index (κ3) is 2.10. The predicted molar refractivity (Wildman–Crippen MR) is 50.0 cm³/mol. The second kappa shape index (κ2) is 4.41. The molecule has 0 aliphatic carbocycles. The van der Waals surface area contributed by atoms with E-state index in [9.17, 15) is 9.59 Å². The molecule has 0 saturated carbocycles. The fraction of sp³-hybridized carbons (Fsp3) is 0.200. The molecule has 0 bridgehead atoms. The fourth-order valence-corrected chi connectivity index (χ4v) is 1.04. The van der Waals surface area contributed by atoms with Crippen LogP contribution >= 0.6 is 0 Å². The molecule has 0 spiro atoms. The van der Waals surface area contributed by atoms with Crippen LogP contribution in [-0.2, 0) is 0 Å². The Kier molecular flexibility index (Phi) is 3.23. The van der Waals surface area contributed by atoms with Crippen LogP contribution in [0.4, 0.5) is 4.79 Å². The van der Waals surface area contributed by atoms with E-state index < -0.39 is 12.0 Å². The maximum atomic E-state index is 11.5. The van der Waals surface area contributed by atoms with E-state index in [2.05, 4.69) is 6.07 Å². The Labute approximate surface area is 81.8 Å². The van der Waals surface area contributed by atoms with Gasteiger partial charge < -0.3 is 5.11 Å². The number of carbonyl (C=O) groups excluding carboxylic acids is 1. The molecule has 73 valence electrons. The van der Waals surface area contributed by atoms with Gasteiger partial charge in [0, 0.05) is 12.1 Å². The first kappa shape index (κ1) is 10.2. The van der Waals surface area contributed by atoms with Gasteiger partial charge in [-0.15, -0.1) is 0 Å². The zero-order chi connectivity index (χ0) is 10.6. The minimum atomic E-state index is -1.24. The van der Waals surface area contributed by atoms with Gasteiger partial charge in [-0.25, -0.2) is 9.69 Å². The van der Waals surface area contributed by atoms with Crippen molar-refractivity contribution in [3.63, 3.8) is 0 Å². The summed E-state index contributed by atoms with van der Waals surface area (Å²) in [6.07, 6.45) is -1.24. The molecule has 4 heteroatoms. The van der Waals surface area contributed by atoms with Crippen molar-refractivity contribution in [2.24, 2.45) is 0 Å². The molecule has 2 amide bonds. The second-order valence-electron chi connectivity index (χ2n) is 2.61. The molecule has 0 atom stereocenters. The molecule has 14 heavy (non-hydrogen) atoms. The summed E-state index contributed by atoms with van der Waals surface area (Å²) in [4.78, 5) is 22.9. The maximum Gasteiger partial charge on any atom is 0.414 e. The molecular formula is C10H10NO3. The Bertz CT molecular complexity index is 334. The lowest BCUT2D eigenvalue weighted by Gasteiger charge is -2.14. The van der Waals surface area contributed by atoms with E-state index in [4.69, 9.17) is 5.11 Å². The minimum absolute atomic E-state index is 0.136. The number of carbonyl (C=O) groups is 2. The summed E-state index contributed by atoms with van der Waals surface area (Å²) in [7, 11) is 0.